The third-order valence-corrected chi connectivity index (χ3v) is 13.1. The third kappa shape index (κ3) is 31.9. The highest BCUT2D eigenvalue weighted by atomic mass is 16.7. The molecule has 0 aromatic heterocycles. The van der Waals surface area contributed by atoms with Crippen LogP contribution in [0.5, 0.6) is 0 Å². The number of hydrogen-bond acceptors (Lipinski definition) is 9. The van der Waals surface area contributed by atoms with E-state index in [1.54, 1.807) is 6.92 Å². The van der Waals surface area contributed by atoms with Crippen LogP contribution in [0.3, 0.4) is 0 Å². The molecule has 0 aromatic rings. The smallest absolute Gasteiger partial charge is 0.220 e. The molecule has 8 atom stereocenters. The van der Waals surface area contributed by atoms with Crippen molar-refractivity contribution in [1.82, 2.24) is 5.32 Å². The molecule has 10 nitrogen and oxygen atoms in total. The molecule has 1 amide bonds. The predicted molar refractivity (Wildman–Crippen MR) is 255 cm³/mol. The number of hydrogen-bond donors (Lipinski definition) is 6. The molecule has 0 aromatic carbocycles. The Balaban J connectivity index is 2.32. The van der Waals surface area contributed by atoms with Crippen molar-refractivity contribution in [3.63, 3.8) is 0 Å². The molecule has 0 radical (unpaired) electrons. The fraction of sp³-hybridized carbons (Fsp3) is 0.981. The van der Waals surface area contributed by atoms with Crippen molar-refractivity contribution in [1.29, 1.82) is 0 Å². The number of ether oxygens (including phenoxy) is 3. The van der Waals surface area contributed by atoms with E-state index in [1.807, 2.05) is 0 Å². The van der Waals surface area contributed by atoms with E-state index in [4.69, 9.17) is 14.2 Å². The minimum absolute atomic E-state index is 0.00141. The van der Waals surface area contributed by atoms with Gasteiger partial charge in [-0.2, -0.15) is 0 Å². The lowest BCUT2D eigenvalue weighted by Crippen LogP contribution is -2.60. The first-order chi connectivity index (χ1) is 30.3. The second-order valence-corrected chi connectivity index (χ2v) is 18.9. The van der Waals surface area contributed by atoms with Gasteiger partial charge < -0.3 is 45.1 Å². The maximum atomic E-state index is 13.1. The fourth-order valence-electron chi connectivity index (χ4n) is 8.83. The summed E-state index contributed by atoms with van der Waals surface area (Å²) in [5, 5.41) is 56.6. The Labute approximate surface area is 381 Å². The van der Waals surface area contributed by atoms with Crippen LogP contribution in [0.25, 0.3) is 0 Å². The van der Waals surface area contributed by atoms with E-state index >= 15 is 0 Å². The number of nitrogens with one attached hydrogen (secondary N) is 1. The van der Waals surface area contributed by atoms with Gasteiger partial charge in [0.05, 0.1) is 25.4 Å². The van der Waals surface area contributed by atoms with Crippen molar-refractivity contribution < 1.29 is 44.5 Å². The first kappa shape index (κ1) is 59.2. The van der Waals surface area contributed by atoms with Gasteiger partial charge in [0, 0.05) is 13.0 Å². The Hall–Kier alpha value is -0.850. The highest BCUT2D eigenvalue weighted by Crippen LogP contribution is 2.24. The minimum Gasteiger partial charge on any atom is -0.390 e. The van der Waals surface area contributed by atoms with Crippen LogP contribution in [0.4, 0.5) is 0 Å². The molecule has 6 N–H and O–H groups in total. The van der Waals surface area contributed by atoms with Crippen LogP contribution in [0.2, 0.25) is 0 Å². The van der Waals surface area contributed by atoms with Crippen molar-refractivity contribution in [2.24, 2.45) is 0 Å². The van der Waals surface area contributed by atoms with Crippen LogP contribution in [-0.2, 0) is 19.0 Å². The summed E-state index contributed by atoms with van der Waals surface area (Å²) in [6.45, 7) is 6.46. The Morgan fingerprint density at radius 3 is 1.27 bits per heavy atom. The van der Waals surface area contributed by atoms with Crippen LogP contribution < -0.4 is 5.32 Å². The van der Waals surface area contributed by atoms with Crippen LogP contribution in [-0.4, -0.2) is 100 Å². The molecule has 0 aliphatic carbocycles. The van der Waals surface area contributed by atoms with Gasteiger partial charge in [-0.25, -0.2) is 0 Å². The Kier molecular flexibility index (Phi) is 40.8. The largest absolute Gasteiger partial charge is 0.390 e. The van der Waals surface area contributed by atoms with E-state index in [0.29, 0.717) is 19.4 Å². The molecule has 1 aliphatic heterocycles. The van der Waals surface area contributed by atoms with Crippen molar-refractivity contribution >= 4 is 5.91 Å². The number of amides is 1. The molecule has 1 fully saturated rings. The summed E-state index contributed by atoms with van der Waals surface area (Å²) >= 11 is 0. The normalized spacial score (nSPS) is 20.7. The first-order valence-corrected chi connectivity index (χ1v) is 26.8. The van der Waals surface area contributed by atoms with E-state index in [1.165, 1.54) is 186 Å². The summed E-state index contributed by atoms with van der Waals surface area (Å²) in [6, 6.07) is -0.954. The van der Waals surface area contributed by atoms with E-state index in [0.717, 1.165) is 38.5 Å². The van der Waals surface area contributed by atoms with Crippen LogP contribution >= 0.6 is 0 Å². The second kappa shape index (κ2) is 42.8. The monoisotopic (exact) mass is 886 g/mol. The lowest BCUT2D eigenvalue weighted by Gasteiger charge is -2.40. The Morgan fingerprint density at radius 2 is 0.887 bits per heavy atom. The summed E-state index contributed by atoms with van der Waals surface area (Å²) in [6.07, 6.45) is 36.4. The van der Waals surface area contributed by atoms with Crippen LogP contribution in [0, 0.1) is 0 Å². The van der Waals surface area contributed by atoms with Gasteiger partial charge in [-0.05, 0) is 19.8 Å². The van der Waals surface area contributed by atoms with Gasteiger partial charge in [-0.3, -0.25) is 4.79 Å². The average molecular weight is 886 g/mol. The topological polar surface area (TPSA) is 158 Å². The van der Waals surface area contributed by atoms with E-state index in [2.05, 4.69) is 19.2 Å². The molecule has 10 heteroatoms. The molecule has 0 bridgehead atoms. The highest BCUT2D eigenvalue weighted by Gasteiger charge is 2.45. The number of aliphatic hydroxyl groups excluding tert-OH is 5. The van der Waals surface area contributed by atoms with E-state index in [9.17, 15) is 30.3 Å². The molecule has 1 saturated heterocycles. The molecule has 370 valence electrons. The van der Waals surface area contributed by atoms with Gasteiger partial charge in [0.15, 0.2) is 6.29 Å². The molecular formula is C52H103NO9. The number of aliphatic hydroxyl groups is 5. The lowest BCUT2D eigenvalue weighted by atomic mass is 9.98. The lowest BCUT2D eigenvalue weighted by molar-refractivity contribution is -0.304. The van der Waals surface area contributed by atoms with Crippen molar-refractivity contribution in [2.75, 3.05) is 19.8 Å². The van der Waals surface area contributed by atoms with Crippen molar-refractivity contribution in [2.45, 2.75) is 307 Å². The highest BCUT2D eigenvalue weighted by molar-refractivity contribution is 5.76. The zero-order valence-electron chi connectivity index (χ0n) is 40.8. The van der Waals surface area contributed by atoms with Crippen LogP contribution in [0.15, 0.2) is 0 Å². The molecular weight excluding hydrogens is 783 g/mol. The Morgan fingerprint density at radius 1 is 0.516 bits per heavy atom. The molecule has 62 heavy (non-hydrogen) atoms. The summed E-state index contributed by atoms with van der Waals surface area (Å²) in [4.78, 5) is 13.1. The quantitative estimate of drug-likeness (QED) is 0.0327. The number of carbonyl (C=O) groups is 1. The molecule has 0 spiro atoms. The summed E-state index contributed by atoms with van der Waals surface area (Å²) in [7, 11) is 0. The van der Waals surface area contributed by atoms with E-state index in [-0.39, 0.29) is 19.1 Å². The summed E-state index contributed by atoms with van der Waals surface area (Å²) in [5.41, 5.74) is 0. The third-order valence-electron chi connectivity index (χ3n) is 13.1. The molecule has 0 saturated carbocycles. The van der Waals surface area contributed by atoms with Gasteiger partial charge >= 0.3 is 0 Å². The zero-order chi connectivity index (χ0) is 45.3. The maximum Gasteiger partial charge on any atom is 0.220 e. The molecule has 1 aliphatic rings. The number of carbonyl (C=O) groups excluding carboxylic acids is 1. The molecule has 1 heterocycles. The second-order valence-electron chi connectivity index (χ2n) is 18.9. The van der Waals surface area contributed by atoms with Gasteiger partial charge in [0.1, 0.15) is 30.5 Å². The zero-order valence-corrected chi connectivity index (χ0v) is 40.8. The number of rotatable bonds is 46. The average Bonchev–Trinajstić information content (AvgIpc) is 3.27. The number of unbranched alkanes of at least 4 members (excludes halogenated alkanes) is 33. The summed E-state index contributed by atoms with van der Waals surface area (Å²) < 4.78 is 17.0. The van der Waals surface area contributed by atoms with E-state index < -0.39 is 49.0 Å². The van der Waals surface area contributed by atoms with Gasteiger partial charge in [-0.15, -0.1) is 0 Å². The standard InChI is InChI=1S/C52H103NO9/c1-4-7-9-11-13-15-17-19-20-21-22-23-24-25-26-27-28-29-31-33-35-37-39-41-47(55)53-44(42-61-52-51(59)50(58)49(57)46(62-52)43-60-6-3)48(56)45(54)40-38-36-34-32-30-18-16-14-12-10-8-5-2/h44-46,48-52,54,56-59H,4-43H2,1-3H3,(H,53,55)/t44-,45+,46+,48-,49-,50-,51+,52-/m0/s1. The first-order valence-electron chi connectivity index (χ1n) is 26.8. The molecule has 0 unspecified atom stereocenters. The SMILES string of the molecule is CCCCCCCCCCCCCCCCCCCCCCCCCC(=O)N[C@@H](CO[C@H]1O[C@H](COCC)[C@H](O)[C@H](O)[C@H]1O)[C@H](O)[C@H](O)CCCCCCCCCCCCCC. The molecule has 1 rings (SSSR count). The summed E-state index contributed by atoms with van der Waals surface area (Å²) in [5.74, 6) is -0.228. The van der Waals surface area contributed by atoms with Gasteiger partial charge in [0.2, 0.25) is 5.91 Å². The Bertz CT molecular complexity index is 959. The van der Waals surface area contributed by atoms with Gasteiger partial charge in [0.25, 0.3) is 0 Å². The fourth-order valence-corrected chi connectivity index (χ4v) is 8.83. The van der Waals surface area contributed by atoms with Crippen molar-refractivity contribution in [3.05, 3.63) is 0 Å². The maximum absolute atomic E-state index is 13.1. The van der Waals surface area contributed by atoms with Crippen molar-refractivity contribution in [3.8, 4) is 0 Å². The predicted octanol–water partition coefficient (Wildman–Crippen LogP) is 11.5. The minimum atomic E-state index is -1.55. The van der Waals surface area contributed by atoms with Crippen LogP contribution in [0.1, 0.15) is 258 Å². The van der Waals surface area contributed by atoms with Gasteiger partial charge in [-0.1, -0.05) is 232 Å².